The summed E-state index contributed by atoms with van der Waals surface area (Å²) in [6, 6.07) is 6.75. The lowest BCUT2D eigenvalue weighted by atomic mass is 10.1. The number of carbonyl (C=O) groups is 1. The van der Waals surface area contributed by atoms with E-state index in [1.807, 2.05) is 34.6 Å². The Morgan fingerprint density at radius 1 is 1.26 bits per heavy atom. The van der Waals surface area contributed by atoms with Gasteiger partial charge in [0.1, 0.15) is 6.17 Å². The molecule has 0 saturated carbocycles. The number of hydrogen-bond acceptors (Lipinski definition) is 3. The van der Waals surface area contributed by atoms with Crippen molar-refractivity contribution in [2.45, 2.75) is 58.1 Å². The molecule has 1 aliphatic rings. The minimum atomic E-state index is -3.62. The molecule has 6 heteroatoms. The number of hydrogen-bond donors (Lipinski definition) is 0. The van der Waals surface area contributed by atoms with E-state index < -0.39 is 16.2 Å². The highest BCUT2D eigenvalue weighted by atomic mass is 32.2. The van der Waals surface area contributed by atoms with E-state index in [4.69, 9.17) is 0 Å². The van der Waals surface area contributed by atoms with E-state index in [9.17, 15) is 13.2 Å². The van der Waals surface area contributed by atoms with Crippen LogP contribution in [0, 0.1) is 12.8 Å². The number of amides is 1. The quantitative estimate of drug-likeness (QED) is 0.848. The molecule has 1 aromatic carbocycles. The summed E-state index contributed by atoms with van der Waals surface area (Å²) in [5.41, 5.74) is 1.02. The zero-order valence-corrected chi connectivity index (χ0v) is 15.3. The van der Waals surface area contributed by atoms with Gasteiger partial charge in [-0.05, 0) is 31.9 Å². The normalized spacial score (nSPS) is 22.8. The van der Waals surface area contributed by atoms with Crippen LogP contribution in [0.1, 0.15) is 39.7 Å². The monoisotopic (exact) mass is 338 g/mol. The van der Waals surface area contributed by atoms with Crippen molar-refractivity contribution in [2.24, 2.45) is 5.92 Å². The molecule has 0 unspecified atom stereocenters. The van der Waals surface area contributed by atoms with E-state index >= 15 is 0 Å². The standard InChI is InChI=1S/C17H26N2O3S/c1-6-16(20)19-14(5)11-18(17(19)12(2)3)23(21,22)15-9-7-13(4)8-10-15/h7-10,12,14,17H,6,11H2,1-5H3/t14-,17+/m0/s1. The van der Waals surface area contributed by atoms with Gasteiger partial charge < -0.3 is 4.90 Å². The van der Waals surface area contributed by atoms with Crippen molar-refractivity contribution >= 4 is 15.9 Å². The van der Waals surface area contributed by atoms with Gasteiger partial charge in [-0.15, -0.1) is 0 Å². The average Bonchev–Trinajstić information content (AvgIpc) is 2.85. The SMILES string of the molecule is CCC(=O)N1[C@@H](C)CN(S(=O)(=O)c2ccc(C)cc2)[C@H]1C(C)C. The minimum Gasteiger partial charge on any atom is -0.322 e. The lowest BCUT2D eigenvalue weighted by Crippen LogP contribution is -2.48. The Bertz CT molecular complexity index is 668. The van der Waals surface area contributed by atoms with E-state index in [2.05, 4.69) is 0 Å². The van der Waals surface area contributed by atoms with Gasteiger partial charge in [0.2, 0.25) is 15.9 Å². The second kappa shape index (κ2) is 6.61. The summed E-state index contributed by atoms with van der Waals surface area (Å²) in [5, 5.41) is 0. The highest BCUT2D eigenvalue weighted by Gasteiger charge is 2.46. The smallest absolute Gasteiger partial charge is 0.244 e. The van der Waals surface area contributed by atoms with Crippen LogP contribution in [0.15, 0.2) is 29.2 Å². The minimum absolute atomic E-state index is 0.00203. The van der Waals surface area contributed by atoms with Crippen LogP contribution < -0.4 is 0 Å². The number of rotatable bonds is 4. The van der Waals surface area contributed by atoms with E-state index in [-0.39, 0.29) is 22.8 Å². The lowest BCUT2D eigenvalue weighted by Gasteiger charge is -2.33. The molecule has 1 amide bonds. The molecule has 0 bridgehead atoms. The highest BCUT2D eigenvalue weighted by Crippen LogP contribution is 2.32. The first kappa shape index (κ1) is 17.9. The topological polar surface area (TPSA) is 57.7 Å². The first-order valence-electron chi connectivity index (χ1n) is 8.09. The molecule has 5 nitrogen and oxygen atoms in total. The van der Waals surface area contributed by atoms with Gasteiger partial charge in [-0.3, -0.25) is 4.79 Å². The number of aryl methyl sites for hydroxylation is 1. The maximum absolute atomic E-state index is 13.1. The molecular weight excluding hydrogens is 312 g/mol. The number of carbonyl (C=O) groups excluding carboxylic acids is 1. The third-order valence-corrected chi connectivity index (χ3v) is 6.16. The summed E-state index contributed by atoms with van der Waals surface area (Å²) < 4.78 is 27.6. The first-order chi connectivity index (χ1) is 10.7. The van der Waals surface area contributed by atoms with Crippen LogP contribution in [0.2, 0.25) is 0 Å². The van der Waals surface area contributed by atoms with Crippen LogP contribution in [-0.4, -0.2) is 42.3 Å². The summed E-state index contributed by atoms with van der Waals surface area (Å²) in [5.74, 6) is 0.0217. The molecule has 0 aliphatic carbocycles. The highest BCUT2D eigenvalue weighted by molar-refractivity contribution is 7.89. The molecule has 1 saturated heterocycles. The van der Waals surface area contributed by atoms with Gasteiger partial charge in [0.05, 0.1) is 4.90 Å². The Morgan fingerprint density at radius 2 is 1.83 bits per heavy atom. The summed E-state index contributed by atoms with van der Waals surface area (Å²) >= 11 is 0. The molecule has 2 atom stereocenters. The molecule has 128 valence electrons. The first-order valence-corrected chi connectivity index (χ1v) is 9.53. The zero-order chi connectivity index (χ0) is 17.4. The van der Waals surface area contributed by atoms with Crippen molar-refractivity contribution in [1.29, 1.82) is 0 Å². The Labute approximate surface area is 139 Å². The number of benzene rings is 1. The van der Waals surface area contributed by atoms with E-state index in [0.717, 1.165) is 5.56 Å². The number of sulfonamides is 1. The van der Waals surface area contributed by atoms with Crippen molar-refractivity contribution in [3.05, 3.63) is 29.8 Å². The Balaban J connectivity index is 2.44. The maximum atomic E-state index is 13.1. The molecule has 0 aromatic heterocycles. The van der Waals surface area contributed by atoms with Gasteiger partial charge in [0, 0.05) is 19.0 Å². The molecule has 0 radical (unpaired) electrons. The molecule has 0 spiro atoms. The predicted octanol–water partition coefficient (Wildman–Crippen LogP) is 2.61. The van der Waals surface area contributed by atoms with Crippen molar-refractivity contribution in [3.63, 3.8) is 0 Å². The molecule has 1 aliphatic heterocycles. The third kappa shape index (κ3) is 3.28. The molecular formula is C17H26N2O3S. The molecule has 0 N–H and O–H groups in total. The fourth-order valence-electron chi connectivity index (χ4n) is 3.17. The largest absolute Gasteiger partial charge is 0.322 e. The fourth-order valence-corrected chi connectivity index (χ4v) is 4.96. The summed E-state index contributed by atoms with van der Waals surface area (Å²) in [4.78, 5) is 14.3. The van der Waals surface area contributed by atoms with Crippen molar-refractivity contribution in [3.8, 4) is 0 Å². The van der Waals surface area contributed by atoms with E-state index in [1.165, 1.54) is 4.31 Å². The van der Waals surface area contributed by atoms with Crippen molar-refractivity contribution in [2.75, 3.05) is 6.54 Å². The Morgan fingerprint density at radius 3 is 2.30 bits per heavy atom. The molecule has 1 aromatic rings. The lowest BCUT2D eigenvalue weighted by molar-refractivity contribution is -0.135. The van der Waals surface area contributed by atoms with Crippen LogP contribution in [0.4, 0.5) is 0 Å². The van der Waals surface area contributed by atoms with Crippen LogP contribution >= 0.6 is 0 Å². The third-order valence-electron chi connectivity index (χ3n) is 4.31. The van der Waals surface area contributed by atoms with Gasteiger partial charge in [-0.25, -0.2) is 8.42 Å². The molecule has 2 rings (SSSR count). The van der Waals surface area contributed by atoms with Gasteiger partial charge in [-0.1, -0.05) is 38.5 Å². The summed E-state index contributed by atoms with van der Waals surface area (Å²) in [7, 11) is -3.62. The second-order valence-corrected chi connectivity index (χ2v) is 8.44. The zero-order valence-electron chi connectivity index (χ0n) is 14.5. The summed E-state index contributed by atoms with van der Waals surface area (Å²) in [6.07, 6.45) is -0.0461. The van der Waals surface area contributed by atoms with Crippen molar-refractivity contribution in [1.82, 2.24) is 9.21 Å². The summed E-state index contributed by atoms with van der Waals surface area (Å²) in [6.45, 7) is 9.89. The average molecular weight is 338 g/mol. The van der Waals surface area contributed by atoms with Crippen LogP contribution in [0.3, 0.4) is 0 Å². The predicted molar refractivity (Wildman–Crippen MR) is 90.3 cm³/mol. The van der Waals surface area contributed by atoms with Gasteiger partial charge in [-0.2, -0.15) is 4.31 Å². The van der Waals surface area contributed by atoms with E-state index in [0.29, 0.717) is 13.0 Å². The van der Waals surface area contributed by atoms with Crippen molar-refractivity contribution < 1.29 is 13.2 Å². The van der Waals surface area contributed by atoms with Gasteiger partial charge in [0.15, 0.2) is 0 Å². The van der Waals surface area contributed by atoms with Gasteiger partial charge in [0.25, 0.3) is 0 Å². The second-order valence-electron chi connectivity index (χ2n) is 6.55. The van der Waals surface area contributed by atoms with Crippen LogP contribution in [0.5, 0.6) is 0 Å². The molecule has 23 heavy (non-hydrogen) atoms. The van der Waals surface area contributed by atoms with Gasteiger partial charge >= 0.3 is 0 Å². The Kier molecular flexibility index (Phi) is 5.16. The molecule has 1 heterocycles. The number of nitrogens with zero attached hydrogens (tertiary/aromatic N) is 2. The maximum Gasteiger partial charge on any atom is 0.244 e. The van der Waals surface area contributed by atoms with E-state index in [1.54, 1.807) is 29.2 Å². The van der Waals surface area contributed by atoms with Crippen LogP contribution in [0.25, 0.3) is 0 Å². The van der Waals surface area contributed by atoms with Crippen LogP contribution in [-0.2, 0) is 14.8 Å². The fraction of sp³-hybridized carbons (Fsp3) is 0.588. The Hall–Kier alpha value is -1.40. The molecule has 1 fully saturated rings.